The van der Waals surface area contributed by atoms with Gasteiger partial charge in [-0.3, -0.25) is 9.59 Å². The molecule has 0 radical (unpaired) electrons. The predicted octanol–water partition coefficient (Wildman–Crippen LogP) is 1.28. The van der Waals surface area contributed by atoms with E-state index >= 15 is 0 Å². The molecule has 1 heterocycles. The van der Waals surface area contributed by atoms with Crippen molar-refractivity contribution in [3.63, 3.8) is 0 Å². The summed E-state index contributed by atoms with van der Waals surface area (Å²) in [5.74, 6) is 0.892. The first-order chi connectivity index (χ1) is 9.66. The van der Waals surface area contributed by atoms with Gasteiger partial charge in [0.1, 0.15) is 5.82 Å². The molecule has 1 atom stereocenters. The highest BCUT2D eigenvalue weighted by atomic mass is 16.2. The fourth-order valence-electron chi connectivity index (χ4n) is 2.53. The Morgan fingerprint density at radius 2 is 2.20 bits per heavy atom. The van der Waals surface area contributed by atoms with Gasteiger partial charge in [-0.15, -0.1) is 0 Å². The maximum atomic E-state index is 11.8. The minimum Gasteiger partial charge on any atom is -0.355 e. The summed E-state index contributed by atoms with van der Waals surface area (Å²) in [5.41, 5.74) is 0. The molecule has 20 heavy (non-hydrogen) atoms. The Kier molecular flexibility index (Phi) is 5.15. The SMILES string of the molecule is CC(NC(=O)CCNC(=O)C1CCCC1)c1ncc[nH]1. The standard InChI is InChI=1S/C14H22N4O2/c1-10(13-15-8-9-16-13)18-12(19)6-7-17-14(20)11-4-2-3-5-11/h8-11H,2-7H2,1H3,(H,15,16)(H,17,20)(H,18,19). The predicted molar refractivity (Wildman–Crippen MR) is 74.7 cm³/mol. The van der Waals surface area contributed by atoms with E-state index in [-0.39, 0.29) is 23.8 Å². The lowest BCUT2D eigenvalue weighted by atomic mass is 10.1. The van der Waals surface area contributed by atoms with Gasteiger partial charge in [-0.2, -0.15) is 0 Å². The van der Waals surface area contributed by atoms with Crippen LogP contribution in [-0.4, -0.2) is 28.3 Å². The lowest BCUT2D eigenvalue weighted by Crippen LogP contribution is -2.34. The molecular weight excluding hydrogens is 256 g/mol. The number of imidazole rings is 1. The van der Waals surface area contributed by atoms with Gasteiger partial charge in [0.15, 0.2) is 0 Å². The van der Waals surface area contributed by atoms with Crippen molar-refractivity contribution in [1.29, 1.82) is 0 Å². The van der Waals surface area contributed by atoms with Crippen molar-refractivity contribution in [2.24, 2.45) is 5.92 Å². The molecule has 1 aliphatic rings. The lowest BCUT2D eigenvalue weighted by molar-refractivity contribution is -0.125. The van der Waals surface area contributed by atoms with E-state index in [1.807, 2.05) is 6.92 Å². The van der Waals surface area contributed by atoms with Crippen LogP contribution in [-0.2, 0) is 9.59 Å². The third-order valence-corrected chi connectivity index (χ3v) is 3.68. The van der Waals surface area contributed by atoms with Crippen molar-refractivity contribution in [3.8, 4) is 0 Å². The minimum atomic E-state index is -0.150. The molecule has 0 aliphatic heterocycles. The zero-order valence-corrected chi connectivity index (χ0v) is 11.8. The molecule has 0 aromatic carbocycles. The lowest BCUT2D eigenvalue weighted by Gasteiger charge is -2.13. The summed E-state index contributed by atoms with van der Waals surface area (Å²) >= 11 is 0. The van der Waals surface area contributed by atoms with Gasteiger partial charge < -0.3 is 15.6 Å². The Labute approximate surface area is 118 Å². The van der Waals surface area contributed by atoms with Crippen LogP contribution in [0.25, 0.3) is 0 Å². The van der Waals surface area contributed by atoms with Crippen LogP contribution in [0.2, 0.25) is 0 Å². The first-order valence-electron chi connectivity index (χ1n) is 7.23. The normalized spacial score (nSPS) is 16.9. The number of nitrogens with one attached hydrogen (secondary N) is 3. The van der Waals surface area contributed by atoms with Crippen molar-refractivity contribution in [2.45, 2.75) is 45.1 Å². The van der Waals surface area contributed by atoms with Gasteiger partial charge in [-0.1, -0.05) is 12.8 Å². The van der Waals surface area contributed by atoms with Gasteiger partial charge in [0.05, 0.1) is 6.04 Å². The van der Waals surface area contributed by atoms with Crippen LogP contribution >= 0.6 is 0 Å². The first-order valence-corrected chi connectivity index (χ1v) is 7.23. The summed E-state index contributed by atoms with van der Waals surface area (Å²) in [6.07, 6.45) is 7.91. The number of H-pyrrole nitrogens is 1. The second kappa shape index (κ2) is 7.07. The molecule has 6 nitrogen and oxygen atoms in total. The summed E-state index contributed by atoms with van der Waals surface area (Å²) in [6.45, 7) is 2.26. The van der Waals surface area contributed by atoms with Crippen molar-refractivity contribution in [3.05, 3.63) is 18.2 Å². The smallest absolute Gasteiger partial charge is 0.223 e. The number of nitrogens with zero attached hydrogens (tertiary/aromatic N) is 1. The average Bonchev–Trinajstić information content (AvgIpc) is 3.12. The van der Waals surface area contributed by atoms with Crippen LogP contribution in [0.3, 0.4) is 0 Å². The maximum absolute atomic E-state index is 11.8. The summed E-state index contributed by atoms with van der Waals surface area (Å²) in [4.78, 5) is 30.6. The number of hydrogen-bond acceptors (Lipinski definition) is 3. The molecule has 2 rings (SSSR count). The number of amides is 2. The molecule has 2 amide bonds. The van der Waals surface area contributed by atoms with E-state index in [1.165, 1.54) is 0 Å². The molecule has 110 valence electrons. The Morgan fingerprint density at radius 3 is 2.85 bits per heavy atom. The Bertz CT molecular complexity index is 438. The fourth-order valence-corrected chi connectivity index (χ4v) is 2.53. The summed E-state index contributed by atoms with van der Waals surface area (Å²) < 4.78 is 0. The minimum absolute atomic E-state index is 0.0828. The number of rotatable bonds is 6. The number of carbonyl (C=O) groups is 2. The zero-order chi connectivity index (χ0) is 14.4. The molecule has 1 unspecified atom stereocenters. The highest BCUT2D eigenvalue weighted by molar-refractivity contribution is 5.80. The Morgan fingerprint density at radius 1 is 1.45 bits per heavy atom. The van der Waals surface area contributed by atoms with E-state index in [0.29, 0.717) is 13.0 Å². The van der Waals surface area contributed by atoms with Gasteiger partial charge >= 0.3 is 0 Å². The van der Waals surface area contributed by atoms with Crippen molar-refractivity contribution >= 4 is 11.8 Å². The first kappa shape index (κ1) is 14.6. The second-order valence-electron chi connectivity index (χ2n) is 5.29. The van der Waals surface area contributed by atoms with Crippen LogP contribution in [0.1, 0.15) is 50.9 Å². The quantitative estimate of drug-likeness (QED) is 0.732. The molecule has 0 spiro atoms. The highest BCUT2D eigenvalue weighted by Gasteiger charge is 2.22. The molecule has 0 bridgehead atoms. The maximum Gasteiger partial charge on any atom is 0.223 e. The molecule has 1 saturated carbocycles. The van der Waals surface area contributed by atoms with E-state index < -0.39 is 0 Å². The van der Waals surface area contributed by atoms with Crippen molar-refractivity contribution in [2.75, 3.05) is 6.54 Å². The molecule has 1 aromatic rings. The molecule has 6 heteroatoms. The van der Waals surface area contributed by atoms with Crippen molar-refractivity contribution < 1.29 is 9.59 Å². The van der Waals surface area contributed by atoms with Crippen LogP contribution in [0.5, 0.6) is 0 Å². The fraction of sp³-hybridized carbons (Fsp3) is 0.643. The van der Waals surface area contributed by atoms with Crippen molar-refractivity contribution in [1.82, 2.24) is 20.6 Å². The Balaban J connectivity index is 1.63. The summed E-state index contributed by atoms with van der Waals surface area (Å²) in [5, 5.41) is 5.68. The molecule has 1 aliphatic carbocycles. The number of aromatic nitrogens is 2. The molecule has 1 fully saturated rings. The zero-order valence-electron chi connectivity index (χ0n) is 11.8. The van der Waals surface area contributed by atoms with E-state index in [0.717, 1.165) is 31.5 Å². The van der Waals surface area contributed by atoms with Crippen LogP contribution in [0.4, 0.5) is 0 Å². The van der Waals surface area contributed by atoms with Gasteiger partial charge in [0.25, 0.3) is 0 Å². The third kappa shape index (κ3) is 4.08. The number of hydrogen-bond donors (Lipinski definition) is 3. The Hall–Kier alpha value is -1.85. The van der Waals surface area contributed by atoms with Crippen LogP contribution in [0, 0.1) is 5.92 Å². The molecule has 0 saturated heterocycles. The largest absolute Gasteiger partial charge is 0.355 e. The van der Waals surface area contributed by atoms with Crippen LogP contribution < -0.4 is 10.6 Å². The van der Waals surface area contributed by atoms with E-state index in [1.54, 1.807) is 12.4 Å². The summed E-state index contributed by atoms with van der Waals surface area (Å²) in [6, 6.07) is -0.150. The van der Waals surface area contributed by atoms with Gasteiger partial charge in [-0.25, -0.2) is 4.98 Å². The summed E-state index contributed by atoms with van der Waals surface area (Å²) in [7, 11) is 0. The van der Waals surface area contributed by atoms with E-state index in [2.05, 4.69) is 20.6 Å². The third-order valence-electron chi connectivity index (χ3n) is 3.68. The molecular formula is C14H22N4O2. The van der Waals surface area contributed by atoms with Gasteiger partial charge in [0.2, 0.25) is 11.8 Å². The van der Waals surface area contributed by atoms with Gasteiger partial charge in [-0.05, 0) is 19.8 Å². The average molecular weight is 278 g/mol. The van der Waals surface area contributed by atoms with Gasteiger partial charge in [0, 0.05) is 31.3 Å². The second-order valence-corrected chi connectivity index (χ2v) is 5.29. The van der Waals surface area contributed by atoms with E-state index in [4.69, 9.17) is 0 Å². The number of aromatic amines is 1. The highest BCUT2D eigenvalue weighted by Crippen LogP contribution is 2.24. The molecule has 1 aromatic heterocycles. The topological polar surface area (TPSA) is 86.9 Å². The monoisotopic (exact) mass is 278 g/mol. The number of carbonyl (C=O) groups excluding carboxylic acids is 2. The van der Waals surface area contributed by atoms with E-state index in [9.17, 15) is 9.59 Å². The molecule has 3 N–H and O–H groups in total. The van der Waals surface area contributed by atoms with Crippen LogP contribution in [0.15, 0.2) is 12.4 Å².